The molecule has 0 unspecified atom stereocenters. The molecule has 3 atom stereocenters. The molecule has 0 aliphatic heterocycles. The van der Waals surface area contributed by atoms with Gasteiger partial charge in [0, 0.05) is 6.42 Å². The number of rotatable bonds is 16. The first-order valence-corrected chi connectivity index (χ1v) is 9.44. The monoisotopic (exact) mass is 403 g/mol. The summed E-state index contributed by atoms with van der Waals surface area (Å²) in [6, 6.07) is -3.15. The van der Waals surface area contributed by atoms with Crippen molar-refractivity contribution < 1.29 is 29.4 Å². The average molecular weight is 403 g/mol. The third kappa shape index (κ3) is 11.5. The summed E-state index contributed by atoms with van der Waals surface area (Å²) in [5, 5.41) is 22.7. The van der Waals surface area contributed by atoms with Crippen molar-refractivity contribution in [1.29, 1.82) is 0 Å². The Balaban J connectivity index is 4.93. The Hall–Kier alpha value is -2.24. The Morgan fingerprint density at radius 1 is 0.750 bits per heavy atom. The van der Waals surface area contributed by atoms with Crippen LogP contribution in [0.2, 0.25) is 0 Å². The van der Waals surface area contributed by atoms with E-state index in [0.717, 1.165) is 6.42 Å². The Kier molecular flexibility index (Phi) is 13.6. The van der Waals surface area contributed by atoms with E-state index in [4.69, 9.17) is 22.3 Å². The van der Waals surface area contributed by atoms with E-state index in [0.29, 0.717) is 38.8 Å². The molecule has 0 aromatic rings. The SMILES string of the molecule is NCCCC[C@H](NC(=O)[C@@H](N)CCCCN)C(=O)N[C@@H](CCC(=O)O)C(=O)O. The number of amides is 2. The van der Waals surface area contributed by atoms with Gasteiger partial charge in [-0.25, -0.2) is 4.79 Å². The molecule has 0 aliphatic rings. The van der Waals surface area contributed by atoms with Gasteiger partial charge in [0.25, 0.3) is 0 Å². The van der Waals surface area contributed by atoms with Gasteiger partial charge in [-0.15, -0.1) is 0 Å². The lowest BCUT2D eigenvalue weighted by Gasteiger charge is -2.23. The highest BCUT2D eigenvalue weighted by Gasteiger charge is 2.27. The van der Waals surface area contributed by atoms with Crippen molar-refractivity contribution >= 4 is 23.8 Å². The standard InChI is InChI=1S/C17H33N5O6/c18-9-3-1-5-11(20)15(25)21-12(6-2-4-10-19)16(26)22-13(17(27)28)7-8-14(23)24/h11-13H,1-10,18-20H2,(H,21,25)(H,22,26)(H,23,24)(H,27,28)/t11-,12-,13-/m0/s1. The minimum absolute atomic E-state index is 0.259. The van der Waals surface area contributed by atoms with Crippen molar-refractivity contribution in [1.82, 2.24) is 10.6 Å². The van der Waals surface area contributed by atoms with Gasteiger partial charge in [0.1, 0.15) is 12.1 Å². The highest BCUT2D eigenvalue weighted by Crippen LogP contribution is 2.06. The molecule has 0 rings (SSSR count). The van der Waals surface area contributed by atoms with Crippen LogP contribution in [0.25, 0.3) is 0 Å². The van der Waals surface area contributed by atoms with Gasteiger partial charge in [-0.3, -0.25) is 14.4 Å². The largest absolute Gasteiger partial charge is 0.481 e. The highest BCUT2D eigenvalue weighted by atomic mass is 16.4. The molecule has 0 radical (unpaired) electrons. The maximum atomic E-state index is 12.5. The summed E-state index contributed by atoms with van der Waals surface area (Å²) >= 11 is 0. The molecule has 10 N–H and O–H groups in total. The lowest BCUT2D eigenvalue weighted by molar-refractivity contribution is -0.143. The third-order valence-electron chi connectivity index (χ3n) is 4.15. The topological polar surface area (TPSA) is 211 Å². The summed E-state index contributed by atoms with van der Waals surface area (Å²) in [6.07, 6.45) is 2.57. The molecule has 0 saturated carbocycles. The van der Waals surface area contributed by atoms with Crippen LogP contribution in [0.3, 0.4) is 0 Å². The lowest BCUT2D eigenvalue weighted by Crippen LogP contribution is -2.54. The molecule has 0 aliphatic carbocycles. The van der Waals surface area contributed by atoms with Crippen LogP contribution < -0.4 is 27.8 Å². The zero-order valence-electron chi connectivity index (χ0n) is 16.1. The fourth-order valence-corrected chi connectivity index (χ4v) is 2.48. The number of carboxylic acid groups (broad SMARTS) is 2. The third-order valence-corrected chi connectivity index (χ3v) is 4.15. The van der Waals surface area contributed by atoms with E-state index >= 15 is 0 Å². The number of aliphatic carboxylic acids is 2. The van der Waals surface area contributed by atoms with E-state index in [1.165, 1.54) is 0 Å². The summed E-state index contributed by atoms with van der Waals surface area (Å²) in [6.45, 7) is 0.905. The first-order chi connectivity index (χ1) is 13.2. The van der Waals surface area contributed by atoms with Crippen molar-refractivity contribution in [2.75, 3.05) is 13.1 Å². The van der Waals surface area contributed by atoms with Gasteiger partial charge in [0.2, 0.25) is 11.8 Å². The lowest BCUT2D eigenvalue weighted by atomic mass is 10.0. The normalized spacial score (nSPS) is 14.0. The zero-order valence-corrected chi connectivity index (χ0v) is 16.1. The average Bonchev–Trinajstić information content (AvgIpc) is 2.63. The van der Waals surface area contributed by atoms with Crippen molar-refractivity contribution in [2.45, 2.75) is 69.5 Å². The molecule has 11 nitrogen and oxygen atoms in total. The molecule has 2 amide bonds. The van der Waals surface area contributed by atoms with Crippen LogP contribution in [0.15, 0.2) is 0 Å². The van der Waals surface area contributed by atoms with Crippen LogP contribution in [-0.2, 0) is 19.2 Å². The molecule has 0 bridgehead atoms. The van der Waals surface area contributed by atoms with Crippen molar-refractivity contribution in [3.05, 3.63) is 0 Å². The molecular formula is C17H33N5O6. The Morgan fingerprint density at radius 3 is 1.79 bits per heavy atom. The van der Waals surface area contributed by atoms with E-state index in [1.54, 1.807) is 0 Å². The maximum absolute atomic E-state index is 12.5. The van der Waals surface area contributed by atoms with Gasteiger partial charge in [-0.05, 0) is 51.6 Å². The van der Waals surface area contributed by atoms with E-state index < -0.39 is 48.3 Å². The molecule has 28 heavy (non-hydrogen) atoms. The molecule has 0 aromatic heterocycles. The van der Waals surface area contributed by atoms with Gasteiger partial charge in [0.15, 0.2) is 0 Å². The van der Waals surface area contributed by atoms with Gasteiger partial charge in [-0.1, -0.05) is 6.42 Å². The maximum Gasteiger partial charge on any atom is 0.326 e. The van der Waals surface area contributed by atoms with Crippen LogP contribution in [-0.4, -0.2) is 65.2 Å². The number of hydrogen-bond acceptors (Lipinski definition) is 7. The molecule has 162 valence electrons. The first kappa shape index (κ1) is 25.8. The summed E-state index contributed by atoms with van der Waals surface area (Å²) in [7, 11) is 0. The Labute approximate surface area is 164 Å². The Morgan fingerprint density at radius 2 is 1.29 bits per heavy atom. The molecule has 0 fully saturated rings. The minimum atomic E-state index is -1.37. The number of nitrogens with two attached hydrogens (primary N) is 3. The fourth-order valence-electron chi connectivity index (χ4n) is 2.48. The fraction of sp³-hybridized carbons (Fsp3) is 0.765. The predicted molar refractivity (Wildman–Crippen MR) is 102 cm³/mol. The minimum Gasteiger partial charge on any atom is -0.481 e. The van der Waals surface area contributed by atoms with Crippen molar-refractivity contribution in [3.8, 4) is 0 Å². The number of hydrogen-bond donors (Lipinski definition) is 7. The number of nitrogens with one attached hydrogen (secondary N) is 2. The summed E-state index contributed by atoms with van der Waals surface area (Å²) in [5.41, 5.74) is 16.7. The smallest absolute Gasteiger partial charge is 0.326 e. The number of carbonyl (C=O) groups excluding carboxylic acids is 2. The van der Waals surface area contributed by atoms with Crippen LogP contribution in [0.1, 0.15) is 51.4 Å². The Bertz CT molecular complexity index is 516. The molecule has 0 saturated heterocycles. The van der Waals surface area contributed by atoms with E-state index in [-0.39, 0.29) is 12.8 Å². The summed E-state index contributed by atoms with van der Waals surface area (Å²) < 4.78 is 0. The van der Waals surface area contributed by atoms with Crippen LogP contribution >= 0.6 is 0 Å². The zero-order chi connectivity index (χ0) is 21.5. The number of unbranched alkanes of at least 4 members (excludes halogenated alkanes) is 2. The van der Waals surface area contributed by atoms with Crippen molar-refractivity contribution in [3.63, 3.8) is 0 Å². The predicted octanol–water partition coefficient (Wildman–Crippen LogP) is -1.51. The number of carboxylic acids is 2. The first-order valence-electron chi connectivity index (χ1n) is 9.44. The van der Waals surface area contributed by atoms with Gasteiger partial charge < -0.3 is 38.0 Å². The van der Waals surface area contributed by atoms with E-state index in [1.807, 2.05) is 0 Å². The molecule has 0 aromatic carbocycles. The van der Waals surface area contributed by atoms with Crippen LogP contribution in [0.5, 0.6) is 0 Å². The highest BCUT2D eigenvalue weighted by molar-refractivity contribution is 5.91. The van der Waals surface area contributed by atoms with Crippen molar-refractivity contribution in [2.24, 2.45) is 17.2 Å². The molecule has 11 heteroatoms. The second-order valence-corrected chi connectivity index (χ2v) is 6.57. The van der Waals surface area contributed by atoms with E-state index in [9.17, 15) is 24.3 Å². The quantitative estimate of drug-likeness (QED) is 0.149. The molecule has 0 spiro atoms. The van der Waals surface area contributed by atoms with E-state index in [2.05, 4.69) is 10.6 Å². The molecular weight excluding hydrogens is 370 g/mol. The summed E-state index contributed by atoms with van der Waals surface area (Å²) in [5.74, 6) is -3.73. The second kappa shape index (κ2) is 14.8. The van der Waals surface area contributed by atoms with Gasteiger partial charge >= 0.3 is 11.9 Å². The van der Waals surface area contributed by atoms with Crippen LogP contribution in [0, 0.1) is 0 Å². The number of carbonyl (C=O) groups is 4. The molecule has 0 heterocycles. The van der Waals surface area contributed by atoms with Crippen LogP contribution in [0.4, 0.5) is 0 Å². The second-order valence-electron chi connectivity index (χ2n) is 6.57. The summed E-state index contributed by atoms with van der Waals surface area (Å²) in [4.78, 5) is 46.7. The van der Waals surface area contributed by atoms with Gasteiger partial charge in [0.05, 0.1) is 6.04 Å². The van der Waals surface area contributed by atoms with Gasteiger partial charge in [-0.2, -0.15) is 0 Å².